The van der Waals surface area contributed by atoms with Gasteiger partial charge in [0.2, 0.25) is 17.7 Å². The number of carbonyl (C=O) groups is 3. The summed E-state index contributed by atoms with van der Waals surface area (Å²) in [5.74, 6) is 0.397. The van der Waals surface area contributed by atoms with E-state index in [-0.39, 0.29) is 42.5 Å². The molecule has 0 unspecified atom stereocenters. The van der Waals surface area contributed by atoms with Crippen molar-refractivity contribution in [3.63, 3.8) is 0 Å². The number of para-hydroxylation sites is 1. The first-order valence-electron chi connectivity index (χ1n) is 10.9. The third-order valence-corrected chi connectivity index (χ3v) is 7.48. The number of imide groups is 1. The first-order valence-corrected chi connectivity index (χ1v) is 11.9. The van der Waals surface area contributed by atoms with Gasteiger partial charge in [-0.3, -0.25) is 24.2 Å². The van der Waals surface area contributed by atoms with E-state index in [2.05, 4.69) is 0 Å². The Morgan fingerprint density at radius 2 is 1.70 bits per heavy atom. The third kappa shape index (κ3) is 4.04. The molecule has 4 rings (SSSR count). The maximum absolute atomic E-state index is 13.0. The summed E-state index contributed by atoms with van der Waals surface area (Å²) >= 11 is 1.59. The Morgan fingerprint density at radius 3 is 2.33 bits per heavy atom. The van der Waals surface area contributed by atoms with E-state index >= 15 is 0 Å². The van der Waals surface area contributed by atoms with Crippen LogP contribution in [0.5, 0.6) is 0 Å². The summed E-state index contributed by atoms with van der Waals surface area (Å²) in [4.78, 5) is 46.3. The predicted octanol–water partition coefficient (Wildman–Crippen LogP) is 3.82. The third-order valence-electron chi connectivity index (χ3n) is 6.42. The van der Waals surface area contributed by atoms with Crippen LogP contribution in [0.3, 0.4) is 0 Å². The van der Waals surface area contributed by atoms with Crippen molar-refractivity contribution in [2.24, 2.45) is 16.8 Å². The standard InChI is InChI=1S/C23H29N3O3S/c1-15-7-5-8-16(2)20(15)24-23-25(12-6-14-30-23)19(27)11-13-26-21(28)17-9-3-4-10-18(17)22(26)29/h5,7-8,17-18H,3-4,6,9-14H2,1-2H3/t17-,18-/m1/s1. The molecule has 1 aromatic carbocycles. The lowest BCUT2D eigenvalue weighted by atomic mass is 9.81. The van der Waals surface area contributed by atoms with E-state index in [0.29, 0.717) is 6.54 Å². The van der Waals surface area contributed by atoms with Crippen LogP contribution in [0.4, 0.5) is 5.69 Å². The van der Waals surface area contributed by atoms with E-state index in [4.69, 9.17) is 4.99 Å². The van der Waals surface area contributed by atoms with Gasteiger partial charge in [0.05, 0.1) is 17.5 Å². The summed E-state index contributed by atoms with van der Waals surface area (Å²) in [5, 5.41) is 0.719. The number of fused-ring (bicyclic) bond motifs is 1. The molecule has 0 N–H and O–H groups in total. The van der Waals surface area contributed by atoms with Crippen molar-refractivity contribution in [3.8, 4) is 0 Å². The molecule has 1 aliphatic carbocycles. The van der Waals surface area contributed by atoms with Crippen molar-refractivity contribution in [2.75, 3.05) is 18.8 Å². The molecule has 2 saturated heterocycles. The number of rotatable bonds is 4. The lowest BCUT2D eigenvalue weighted by Crippen LogP contribution is -2.41. The van der Waals surface area contributed by atoms with Crippen molar-refractivity contribution in [2.45, 2.75) is 52.4 Å². The summed E-state index contributed by atoms with van der Waals surface area (Å²) in [5.41, 5.74) is 3.07. The zero-order valence-corrected chi connectivity index (χ0v) is 18.5. The number of thioether (sulfide) groups is 1. The molecular formula is C23H29N3O3S. The molecule has 3 fully saturated rings. The van der Waals surface area contributed by atoms with Crippen LogP contribution in [0.1, 0.15) is 49.7 Å². The Labute approximate surface area is 182 Å². The van der Waals surface area contributed by atoms with E-state index in [1.807, 2.05) is 32.0 Å². The molecule has 1 saturated carbocycles. The Hall–Kier alpha value is -2.15. The van der Waals surface area contributed by atoms with Crippen LogP contribution in [-0.2, 0) is 14.4 Å². The number of likely N-dealkylation sites (tertiary alicyclic amines) is 1. The zero-order valence-electron chi connectivity index (χ0n) is 17.7. The Balaban J connectivity index is 1.46. The van der Waals surface area contributed by atoms with Crippen molar-refractivity contribution >= 4 is 40.3 Å². The second-order valence-electron chi connectivity index (χ2n) is 8.46. The van der Waals surface area contributed by atoms with Crippen LogP contribution in [0.25, 0.3) is 0 Å². The van der Waals surface area contributed by atoms with Crippen molar-refractivity contribution < 1.29 is 14.4 Å². The van der Waals surface area contributed by atoms with E-state index in [1.165, 1.54) is 4.90 Å². The molecule has 0 bridgehead atoms. The monoisotopic (exact) mass is 427 g/mol. The number of carbonyl (C=O) groups excluding carboxylic acids is 3. The summed E-state index contributed by atoms with van der Waals surface area (Å²) in [6, 6.07) is 6.05. The lowest BCUT2D eigenvalue weighted by Gasteiger charge is -2.28. The van der Waals surface area contributed by atoms with Crippen molar-refractivity contribution in [1.29, 1.82) is 0 Å². The Bertz CT molecular complexity index is 853. The Kier molecular flexibility index (Phi) is 6.27. The van der Waals surface area contributed by atoms with Crippen LogP contribution in [-0.4, -0.2) is 51.5 Å². The topological polar surface area (TPSA) is 70.1 Å². The average Bonchev–Trinajstić information content (AvgIpc) is 2.99. The molecule has 2 aliphatic heterocycles. The maximum Gasteiger partial charge on any atom is 0.233 e. The number of hydrogen-bond donors (Lipinski definition) is 0. The molecule has 3 amide bonds. The molecule has 3 aliphatic rings. The molecule has 7 heteroatoms. The summed E-state index contributed by atoms with van der Waals surface area (Å²) in [7, 11) is 0. The van der Waals surface area contributed by atoms with Crippen LogP contribution in [0.15, 0.2) is 23.2 Å². The van der Waals surface area contributed by atoms with Crippen LogP contribution < -0.4 is 0 Å². The molecule has 6 nitrogen and oxygen atoms in total. The van der Waals surface area contributed by atoms with E-state index in [9.17, 15) is 14.4 Å². The first-order chi connectivity index (χ1) is 14.5. The maximum atomic E-state index is 13.0. The average molecular weight is 428 g/mol. The van der Waals surface area contributed by atoms with Gasteiger partial charge in [-0.2, -0.15) is 0 Å². The van der Waals surface area contributed by atoms with Gasteiger partial charge in [-0.25, -0.2) is 4.99 Å². The van der Waals surface area contributed by atoms with Gasteiger partial charge in [-0.1, -0.05) is 42.8 Å². The Morgan fingerprint density at radius 1 is 1.07 bits per heavy atom. The summed E-state index contributed by atoms with van der Waals surface area (Å²) in [6.45, 7) is 4.86. The number of nitrogens with zero attached hydrogens (tertiary/aromatic N) is 3. The molecule has 0 spiro atoms. The number of amidine groups is 1. The van der Waals surface area contributed by atoms with Gasteiger partial charge in [0.1, 0.15) is 0 Å². The van der Waals surface area contributed by atoms with Gasteiger partial charge in [-0.15, -0.1) is 0 Å². The number of amides is 3. The fourth-order valence-electron chi connectivity index (χ4n) is 4.76. The first kappa shape index (κ1) is 21.1. The normalized spacial score (nSPS) is 25.7. The highest BCUT2D eigenvalue weighted by Gasteiger charge is 2.48. The van der Waals surface area contributed by atoms with Crippen molar-refractivity contribution in [3.05, 3.63) is 29.3 Å². The number of hydrogen-bond acceptors (Lipinski definition) is 5. The minimum absolute atomic E-state index is 0.0670. The lowest BCUT2D eigenvalue weighted by molar-refractivity contribution is -0.140. The second kappa shape index (κ2) is 8.92. The fourth-order valence-corrected chi connectivity index (χ4v) is 5.72. The molecule has 1 aromatic rings. The van der Waals surface area contributed by atoms with Crippen LogP contribution >= 0.6 is 11.8 Å². The van der Waals surface area contributed by atoms with Crippen LogP contribution in [0, 0.1) is 25.7 Å². The minimum atomic E-state index is -0.159. The second-order valence-corrected chi connectivity index (χ2v) is 9.52. The highest BCUT2D eigenvalue weighted by molar-refractivity contribution is 8.13. The van der Waals surface area contributed by atoms with E-state index < -0.39 is 0 Å². The van der Waals surface area contributed by atoms with Gasteiger partial charge in [0.25, 0.3) is 0 Å². The van der Waals surface area contributed by atoms with Crippen LogP contribution in [0.2, 0.25) is 0 Å². The largest absolute Gasteiger partial charge is 0.291 e. The molecule has 2 atom stereocenters. The summed E-state index contributed by atoms with van der Waals surface area (Å²) < 4.78 is 0. The fraction of sp³-hybridized carbons (Fsp3) is 0.565. The molecule has 2 heterocycles. The number of aliphatic imine (C=N–C) groups is 1. The molecule has 0 radical (unpaired) electrons. The van der Waals surface area contributed by atoms with Gasteiger partial charge in [-0.05, 0) is 44.2 Å². The summed E-state index contributed by atoms with van der Waals surface area (Å²) in [6.07, 6.45) is 4.69. The van der Waals surface area contributed by atoms with E-state index in [0.717, 1.165) is 59.8 Å². The van der Waals surface area contributed by atoms with Gasteiger partial charge >= 0.3 is 0 Å². The number of benzene rings is 1. The molecule has 160 valence electrons. The smallest absolute Gasteiger partial charge is 0.233 e. The molecule has 0 aromatic heterocycles. The molecular weight excluding hydrogens is 398 g/mol. The highest BCUT2D eigenvalue weighted by Crippen LogP contribution is 2.38. The number of aryl methyl sites for hydroxylation is 2. The minimum Gasteiger partial charge on any atom is -0.291 e. The molecule has 30 heavy (non-hydrogen) atoms. The zero-order chi connectivity index (χ0) is 21.3. The van der Waals surface area contributed by atoms with Crippen molar-refractivity contribution in [1.82, 2.24) is 9.80 Å². The predicted molar refractivity (Wildman–Crippen MR) is 119 cm³/mol. The van der Waals surface area contributed by atoms with Gasteiger partial charge in [0, 0.05) is 25.3 Å². The van der Waals surface area contributed by atoms with E-state index in [1.54, 1.807) is 16.7 Å². The quantitative estimate of drug-likeness (QED) is 0.685. The highest BCUT2D eigenvalue weighted by atomic mass is 32.2. The SMILES string of the molecule is Cc1cccc(C)c1N=C1SCCCN1C(=O)CCN1C(=O)[C@@H]2CCCC[C@H]2C1=O. The van der Waals surface area contributed by atoms with Gasteiger partial charge in [0.15, 0.2) is 5.17 Å². The van der Waals surface area contributed by atoms with Gasteiger partial charge < -0.3 is 0 Å².